The van der Waals surface area contributed by atoms with Crippen molar-refractivity contribution in [2.45, 2.75) is 6.04 Å². The van der Waals surface area contributed by atoms with Gasteiger partial charge in [-0.25, -0.2) is 19.2 Å². The van der Waals surface area contributed by atoms with Crippen molar-refractivity contribution < 1.29 is 47.3 Å². The third-order valence-electron chi connectivity index (χ3n) is 6.76. The zero-order chi connectivity index (χ0) is 33.4. The van der Waals surface area contributed by atoms with Crippen molar-refractivity contribution in [1.29, 1.82) is 0 Å². The summed E-state index contributed by atoms with van der Waals surface area (Å²) in [4.78, 5) is 58.9. The SMILES string of the molecule is COC(=O)/C=C(\C(=O)OC)C(c1ccccn1)N(c1ccc(OC)cc1)c1c(-c2ccc(Cl)cc2)oc(C(=O)OC)c1C(=O)OC. The van der Waals surface area contributed by atoms with Gasteiger partial charge in [-0.15, -0.1) is 0 Å². The van der Waals surface area contributed by atoms with E-state index in [-0.39, 0.29) is 28.3 Å². The lowest BCUT2D eigenvalue weighted by Crippen LogP contribution is -2.32. The maximum atomic E-state index is 13.6. The third kappa shape index (κ3) is 6.87. The first-order valence-electron chi connectivity index (χ1n) is 13.5. The van der Waals surface area contributed by atoms with E-state index in [1.165, 1.54) is 18.2 Å². The number of aromatic nitrogens is 1. The van der Waals surface area contributed by atoms with Crippen LogP contribution in [0.15, 0.2) is 89.0 Å². The van der Waals surface area contributed by atoms with Gasteiger partial charge >= 0.3 is 23.9 Å². The molecule has 238 valence electrons. The lowest BCUT2D eigenvalue weighted by atomic mass is 9.96. The van der Waals surface area contributed by atoms with Crippen molar-refractivity contribution in [3.05, 3.63) is 107 Å². The Morgan fingerprint density at radius 1 is 0.826 bits per heavy atom. The van der Waals surface area contributed by atoms with Gasteiger partial charge in [-0.3, -0.25) is 4.98 Å². The normalized spacial score (nSPS) is 11.7. The van der Waals surface area contributed by atoms with Crippen LogP contribution in [0.1, 0.15) is 32.6 Å². The predicted octanol–water partition coefficient (Wildman–Crippen LogP) is 5.73. The Labute approximate surface area is 269 Å². The van der Waals surface area contributed by atoms with Gasteiger partial charge in [0.1, 0.15) is 23.0 Å². The van der Waals surface area contributed by atoms with E-state index in [0.29, 0.717) is 22.0 Å². The minimum atomic E-state index is -1.31. The van der Waals surface area contributed by atoms with E-state index in [1.54, 1.807) is 66.7 Å². The highest BCUT2D eigenvalue weighted by Gasteiger charge is 2.41. The molecule has 46 heavy (non-hydrogen) atoms. The number of ether oxygens (including phenoxy) is 5. The van der Waals surface area contributed by atoms with Gasteiger partial charge in [0.25, 0.3) is 0 Å². The number of rotatable bonds is 11. The van der Waals surface area contributed by atoms with Crippen molar-refractivity contribution in [3.63, 3.8) is 0 Å². The summed E-state index contributed by atoms with van der Waals surface area (Å²) < 4.78 is 31.6. The lowest BCUT2D eigenvalue weighted by molar-refractivity contribution is -0.138. The quantitative estimate of drug-likeness (QED) is 0.111. The summed E-state index contributed by atoms with van der Waals surface area (Å²) in [5.74, 6) is -3.72. The van der Waals surface area contributed by atoms with Gasteiger partial charge in [0.05, 0.1) is 46.8 Å². The Kier molecular flexibility index (Phi) is 10.8. The second-order valence-electron chi connectivity index (χ2n) is 9.31. The van der Waals surface area contributed by atoms with Crippen LogP contribution in [0, 0.1) is 0 Å². The van der Waals surface area contributed by atoms with Gasteiger partial charge in [-0.1, -0.05) is 17.7 Å². The van der Waals surface area contributed by atoms with Crippen LogP contribution in [0.4, 0.5) is 11.4 Å². The molecule has 0 aliphatic heterocycles. The molecule has 0 amide bonds. The van der Waals surface area contributed by atoms with Crippen LogP contribution in [0.3, 0.4) is 0 Å². The fourth-order valence-corrected chi connectivity index (χ4v) is 4.77. The molecule has 0 N–H and O–H groups in total. The summed E-state index contributed by atoms with van der Waals surface area (Å²) >= 11 is 6.18. The monoisotopic (exact) mass is 648 g/mol. The fourth-order valence-electron chi connectivity index (χ4n) is 4.65. The van der Waals surface area contributed by atoms with Crippen LogP contribution in [0.5, 0.6) is 5.75 Å². The van der Waals surface area contributed by atoms with Crippen LogP contribution >= 0.6 is 11.6 Å². The summed E-state index contributed by atoms with van der Waals surface area (Å²) in [6.07, 6.45) is 2.45. The molecular formula is C33H29ClN2O10. The number of furan rings is 1. The van der Waals surface area contributed by atoms with Crippen LogP contribution in [-0.2, 0) is 28.5 Å². The van der Waals surface area contributed by atoms with Crippen molar-refractivity contribution in [3.8, 4) is 17.1 Å². The minimum absolute atomic E-state index is 0.00324. The summed E-state index contributed by atoms with van der Waals surface area (Å²) in [5.41, 5.74) is 0.358. The lowest BCUT2D eigenvalue weighted by Gasteiger charge is -2.34. The molecule has 4 aromatic rings. The second kappa shape index (κ2) is 14.9. The molecule has 12 nitrogen and oxygen atoms in total. The molecule has 1 unspecified atom stereocenters. The highest BCUT2D eigenvalue weighted by molar-refractivity contribution is 6.30. The van der Waals surface area contributed by atoms with E-state index in [4.69, 9.17) is 39.7 Å². The van der Waals surface area contributed by atoms with Gasteiger partial charge in [0, 0.05) is 28.5 Å². The maximum absolute atomic E-state index is 13.6. The van der Waals surface area contributed by atoms with E-state index in [0.717, 1.165) is 34.5 Å². The number of anilines is 2. The molecule has 2 aromatic carbocycles. The highest BCUT2D eigenvalue weighted by atomic mass is 35.5. The van der Waals surface area contributed by atoms with Crippen LogP contribution in [-0.4, -0.2) is 64.4 Å². The molecule has 13 heteroatoms. The van der Waals surface area contributed by atoms with E-state index in [9.17, 15) is 19.2 Å². The summed E-state index contributed by atoms with van der Waals surface area (Å²) in [6.45, 7) is 0. The molecule has 0 spiro atoms. The molecule has 1 atom stereocenters. The predicted molar refractivity (Wildman–Crippen MR) is 166 cm³/mol. The van der Waals surface area contributed by atoms with E-state index in [2.05, 4.69) is 4.98 Å². The number of hydrogen-bond acceptors (Lipinski definition) is 12. The van der Waals surface area contributed by atoms with Crippen molar-refractivity contribution in [1.82, 2.24) is 4.98 Å². The first-order valence-corrected chi connectivity index (χ1v) is 13.9. The Balaban J connectivity index is 2.25. The maximum Gasteiger partial charge on any atom is 0.374 e. The number of benzene rings is 2. The Hall–Kier alpha value is -5.62. The van der Waals surface area contributed by atoms with Crippen molar-refractivity contribution in [2.75, 3.05) is 40.4 Å². The molecule has 0 saturated carbocycles. The Morgan fingerprint density at radius 2 is 1.50 bits per heavy atom. The van der Waals surface area contributed by atoms with Gasteiger partial charge in [-0.05, 0) is 60.7 Å². The molecule has 0 saturated heterocycles. The zero-order valence-corrected chi connectivity index (χ0v) is 26.2. The molecule has 2 aromatic heterocycles. The third-order valence-corrected chi connectivity index (χ3v) is 7.01. The van der Waals surface area contributed by atoms with Gasteiger partial charge < -0.3 is 33.0 Å². The zero-order valence-electron chi connectivity index (χ0n) is 25.4. The fraction of sp³-hybridized carbons (Fsp3) is 0.182. The Morgan fingerprint density at radius 3 is 2.04 bits per heavy atom. The molecular weight excluding hydrogens is 620 g/mol. The number of halogens is 1. The van der Waals surface area contributed by atoms with Gasteiger partial charge in [0.2, 0.25) is 5.76 Å². The standard InChI is InChI=1S/C33H29ClN2O10/c1-41-22-15-13-21(14-16-22)36(27(24-8-6-7-17-35-24)23(31(38)43-3)18-25(37)42-2)28-26(32(39)44-4)30(33(40)45-5)46-29(28)19-9-11-20(34)12-10-19/h6-18,27H,1-5H3/b23-18-. The average Bonchev–Trinajstić information content (AvgIpc) is 3.49. The molecule has 0 fully saturated rings. The number of carbonyl (C=O) groups excluding carboxylic acids is 4. The van der Waals surface area contributed by atoms with E-state index in [1.807, 2.05) is 0 Å². The highest BCUT2D eigenvalue weighted by Crippen LogP contribution is 2.48. The molecule has 0 bridgehead atoms. The first-order chi connectivity index (χ1) is 22.2. The minimum Gasteiger partial charge on any atom is -0.497 e. The number of esters is 4. The van der Waals surface area contributed by atoms with Crippen LogP contribution in [0.2, 0.25) is 5.02 Å². The average molecular weight is 649 g/mol. The summed E-state index contributed by atoms with van der Waals surface area (Å²) in [7, 11) is 6.04. The number of pyridine rings is 1. The number of methoxy groups -OCH3 is 5. The number of hydrogen-bond donors (Lipinski definition) is 0. The summed E-state index contributed by atoms with van der Waals surface area (Å²) in [6, 6.07) is 16.6. The van der Waals surface area contributed by atoms with Crippen molar-refractivity contribution >= 4 is 46.9 Å². The largest absolute Gasteiger partial charge is 0.497 e. The van der Waals surface area contributed by atoms with Gasteiger partial charge in [0.15, 0.2) is 5.76 Å². The molecule has 0 radical (unpaired) electrons. The Bertz CT molecular complexity index is 1750. The number of carbonyl (C=O) groups is 4. The number of nitrogens with zero attached hydrogens (tertiary/aromatic N) is 2. The molecule has 0 aliphatic carbocycles. The first kappa shape index (κ1) is 33.3. The second-order valence-corrected chi connectivity index (χ2v) is 9.75. The van der Waals surface area contributed by atoms with E-state index < -0.39 is 35.7 Å². The van der Waals surface area contributed by atoms with Crippen LogP contribution < -0.4 is 9.64 Å². The molecule has 0 aliphatic rings. The summed E-state index contributed by atoms with van der Waals surface area (Å²) in [5, 5.41) is 0.408. The van der Waals surface area contributed by atoms with Crippen molar-refractivity contribution in [2.24, 2.45) is 0 Å². The van der Waals surface area contributed by atoms with E-state index >= 15 is 0 Å². The smallest absolute Gasteiger partial charge is 0.374 e. The molecule has 2 heterocycles. The molecule has 4 rings (SSSR count). The topological polar surface area (TPSA) is 144 Å². The van der Waals surface area contributed by atoms with Gasteiger partial charge in [-0.2, -0.15) is 0 Å². The van der Waals surface area contributed by atoms with Crippen LogP contribution in [0.25, 0.3) is 11.3 Å².